The van der Waals surface area contributed by atoms with E-state index in [4.69, 9.17) is 4.52 Å². The van der Waals surface area contributed by atoms with Crippen molar-refractivity contribution < 1.29 is 9.32 Å². The summed E-state index contributed by atoms with van der Waals surface area (Å²) < 4.78 is 5.22. The van der Waals surface area contributed by atoms with Gasteiger partial charge in [-0.1, -0.05) is 17.3 Å². The molecule has 1 aromatic carbocycles. The molecule has 1 amide bonds. The number of hydrogen-bond acceptors (Lipinski definition) is 4. The van der Waals surface area contributed by atoms with E-state index in [1.54, 1.807) is 11.8 Å². The lowest BCUT2D eigenvalue weighted by molar-refractivity contribution is 0.0933. The van der Waals surface area contributed by atoms with Gasteiger partial charge in [0.2, 0.25) is 0 Å². The summed E-state index contributed by atoms with van der Waals surface area (Å²) in [7, 11) is 0. The van der Waals surface area contributed by atoms with E-state index in [2.05, 4.69) is 17.4 Å². The topological polar surface area (TPSA) is 55.1 Å². The first-order valence-corrected chi connectivity index (χ1v) is 8.57. The summed E-state index contributed by atoms with van der Waals surface area (Å²) in [6, 6.07) is 9.88. The molecule has 0 bridgehead atoms. The Labute approximate surface area is 134 Å². The average molecular weight is 316 g/mol. The number of nitrogens with zero attached hydrogens (tertiary/aromatic N) is 1. The van der Waals surface area contributed by atoms with Crippen LogP contribution in [0.1, 0.15) is 41.6 Å². The van der Waals surface area contributed by atoms with Crippen LogP contribution in [-0.4, -0.2) is 17.1 Å². The van der Waals surface area contributed by atoms with Crippen LogP contribution in [0.5, 0.6) is 0 Å². The predicted octanol–water partition coefficient (Wildman–Crippen LogP) is 3.80. The summed E-state index contributed by atoms with van der Waals surface area (Å²) >= 11 is 1.60. The fraction of sp³-hybridized carbons (Fsp3) is 0.412. The maximum Gasteiger partial charge on any atom is 0.252 e. The Hall–Kier alpha value is -1.75. The maximum absolute atomic E-state index is 12.5. The standard InChI is InChI=1S/C17H20N2O2S/c1-11-9-14(21-19-11)10-22-16-6-4-3-5-15(16)17(20)18-12(2)13-7-8-13/h3-6,9,12-13H,7-8,10H2,1-2H3,(H,18,20). The third-order valence-electron chi connectivity index (χ3n) is 3.87. The molecule has 3 rings (SSSR count). The number of hydrogen-bond donors (Lipinski definition) is 1. The molecule has 0 saturated heterocycles. The van der Waals surface area contributed by atoms with Crippen molar-refractivity contribution in [3.63, 3.8) is 0 Å². The van der Waals surface area contributed by atoms with Gasteiger partial charge in [-0.15, -0.1) is 11.8 Å². The van der Waals surface area contributed by atoms with E-state index in [1.165, 1.54) is 12.8 Å². The highest BCUT2D eigenvalue weighted by Crippen LogP contribution is 2.33. The highest BCUT2D eigenvalue weighted by atomic mass is 32.2. The molecule has 1 fully saturated rings. The van der Waals surface area contributed by atoms with Crippen molar-refractivity contribution in [2.24, 2.45) is 5.92 Å². The lowest BCUT2D eigenvalue weighted by Crippen LogP contribution is -2.34. The van der Waals surface area contributed by atoms with Gasteiger partial charge in [0.05, 0.1) is 17.0 Å². The number of rotatable bonds is 6. The monoisotopic (exact) mass is 316 g/mol. The van der Waals surface area contributed by atoms with E-state index in [0.717, 1.165) is 21.9 Å². The minimum Gasteiger partial charge on any atom is -0.360 e. The number of amides is 1. The van der Waals surface area contributed by atoms with Gasteiger partial charge >= 0.3 is 0 Å². The highest BCUT2D eigenvalue weighted by molar-refractivity contribution is 7.98. The van der Waals surface area contributed by atoms with Crippen LogP contribution in [0.15, 0.2) is 39.8 Å². The Bertz CT molecular complexity index is 664. The van der Waals surface area contributed by atoms with Crippen LogP contribution in [0, 0.1) is 12.8 Å². The molecule has 1 saturated carbocycles. The number of aryl methyl sites for hydroxylation is 1. The number of thioether (sulfide) groups is 1. The third kappa shape index (κ3) is 3.71. The quantitative estimate of drug-likeness (QED) is 0.824. The fourth-order valence-electron chi connectivity index (χ4n) is 2.41. The largest absolute Gasteiger partial charge is 0.360 e. The van der Waals surface area contributed by atoms with Crippen LogP contribution in [-0.2, 0) is 5.75 Å². The average Bonchev–Trinajstić information content (AvgIpc) is 3.28. The van der Waals surface area contributed by atoms with Gasteiger partial charge in [0.1, 0.15) is 5.76 Å². The normalized spacial score (nSPS) is 15.5. The molecule has 0 radical (unpaired) electrons. The summed E-state index contributed by atoms with van der Waals surface area (Å²) in [5, 5.41) is 7.00. The molecular formula is C17H20N2O2S. The second-order valence-electron chi connectivity index (χ2n) is 5.82. The predicted molar refractivity (Wildman–Crippen MR) is 86.9 cm³/mol. The zero-order chi connectivity index (χ0) is 15.5. The minimum atomic E-state index is 0.0104. The molecule has 1 atom stereocenters. The van der Waals surface area contributed by atoms with E-state index in [0.29, 0.717) is 11.7 Å². The summed E-state index contributed by atoms with van der Waals surface area (Å²) in [6.07, 6.45) is 2.45. The fourth-order valence-corrected chi connectivity index (χ4v) is 3.34. The van der Waals surface area contributed by atoms with Gasteiger partial charge in [-0.2, -0.15) is 0 Å². The molecule has 2 aromatic rings. The molecule has 116 valence electrons. The Morgan fingerprint density at radius 1 is 1.45 bits per heavy atom. The van der Waals surface area contributed by atoms with Crippen LogP contribution in [0.25, 0.3) is 0 Å². The van der Waals surface area contributed by atoms with Crippen molar-refractivity contribution in [1.29, 1.82) is 0 Å². The van der Waals surface area contributed by atoms with Crippen LogP contribution < -0.4 is 5.32 Å². The summed E-state index contributed by atoms with van der Waals surface area (Å²) in [6.45, 7) is 3.99. The number of aromatic nitrogens is 1. The first kappa shape index (κ1) is 15.2. The summed E-state index contributed by atoms with van der Waals surface area (Å²) in [4.78, 5) is 13.4. The molecule has 22 heavy (non-hydrogen) atoms. The lowest BCUT2D eigenvalue weighted by atomic mass is 10.1. The van der Waals surface area contributed by atoms with Gasteiger partial charge in [-0.05, 0) is 44.7 Å². The van der Waals surface area contributed by atoms with Crippen molar-refractivity contribution in [3.8, 4) is 0 Å². The second-order valence-corrected chi connectivity index (χ2v) is 6.84. The van der Waals surface area contributed by atoms with Crippen molar-refractivity contribution >= 4 is 17.7 Å². The first-order chi connectivity index (χ1) is 10.6. The van der Waals surface area contributed by atoms with Crippen LogP contribution in [0.3, 0.4) is 0 Å². The molecule has 5 heteroatoms. The van der Waals surface area contributed by atoms with Gasteiger partial charge in [-0.25, -0.2) is 0 Å². The zero-order valence-corrected chi connectivity index (χ0v) is 13.7. The maximum atomic E-state index is 12.5. The van der Waals surface area contributed by atoms with Crippen molar-refractivity contribution in [2.75, 3.05) is 0 Å². The molecule has 1 aromatic heterocycles. The molecule has 4 nitrogen and oxygen atoms in total. The summed E-state index contributed by atoms with van der Waals surface area (Å²) in [5.41, 5.74) is 1.61. The Balaban J connectivity index is 1.67. The van der Waals surface area contributed by atoms with E-state index < -0.39 is 0 Å². The number of nitrogens with one attached hydrogen (secondary N) is 1. The third-order valence-corrected chi connectivity index (χ3v) is 4.96. The molecule has 1 heterocycles. The number of carbonyl (C=O) groups is 1. The van der Waals surface area contributed by atoms with Crippen molar-refractivity contribution in [1.82, 2.24) is 10.5 Å². The van der Waals surface area contributed by atoms with Crippen molar-refractivity contribution in [3.05, 3.63) is 47.3 Å². The minimum absolute atomic E-state index is 0.0104. The first-order valence-electron chi connectivity index (χ1n) is 7.58. The number of carbonyl (C=O) groups excluding carboxylic acids is 1. The SMILES string of the molecule is Cc1cc(CSc2ccccc2C(=O)NC(C)C2CC2)on1. The smallest absolute Gasteiger partial charge is 0.252 e. The van der Waals surface area contributed by atoms with Crippen LogP contribution >= 0.6 is 11.8 Å². The van der Waals surface area contributed by atoms with Gasteiger partial charge in [0.15, 0.2) is 0 Å². The molecule has 1 aliphatic rings. The molecule has 1 N–H and O–H groups in total. The van der Waals surface area contributed by atoms with E-state index in [1.807, 2.05) is 37.3 Å². The Morgan fingerprint density at radius 3 is 2.91 bits per heavy atom. The van der Waals surface area contributed by atoms with Gasteiger partial charge < -0.3 is 9.84 Å². The molecule has 0 spiro atoms. The molecular weight excluding hydrogens is 296 g/mol. The second kappa shape index (κ2) is 6.57. The van der Waals surface area contributed by atoms with Gasteiger partial charge in [0, 0.05) is 17.0 Å². The molecule has 1 aliphatic carbocycles. The zero-order valence-electron chi connectivity index (χ0n) is 12.8. The number of benzene rings is 1. The van der Waals surface area contributed by atoms with E-state index in [9.17, 15) is 4.79 Å². The molecule has 1 unspecified atom stereocenters. The van der Waals surface area contributed by atoms with Crippen LogP contribution in [0.4, 0.5) is 0 Å². The lowest BCUT2D eigenvalue weighted by Gasteiger charge is -2.14. The van der Waals surface area contributed by atoms with Gasteiger partial charge in [0.25, 0.3) is 5.91 Å². The molecule has 0 aliphatic heterocycles. The van der Waals surface area contributed by atoms with E-state index in [-0.39, 0.29) is 11.9 Å². The van der Waals surface area contributed by atoms with Gasteiger partial charge in [-0.3, -0.25) is 4.79 Å². The van der Waals surface area contributed by atoms with Crippen molar-refractivity contribution in [2.45, 2.75) is 43.4 Å². The highest BCUT2D eigenvalue weighted by Gasteiger charge is 2.29. The Kier molecular flexibility index (Phi) is 4.52. The Morgan fingerprint density at radius 2 is 2.23 bits per heavy atom. The van der Waals surface area contributed by atoms with E-state index >= 15 is 0 Å². The summed E-state index contributed by atoms with van der Waals surface area (Å²) in [5.74, 6) is 2.16. The van der Waals surface area contributed by atoms with Crippen LogP contribution in [0.2, 0.25) is 0 Å².